The molecule has 0 saturated heterocycles. The first-order valence-electron chi connectivity index (χ1n) is 5.92. The quantitative estimate of drug-likeness (QED) is 0.676. The first-order chi connectivity index (χ1) is 10.2. The predicted molar refractivity (Wildman–Crippen MR) is 75.1 cm³/mol. The molecule has 1 amide bonds. The standard InChI is InChI=1S/C13H9F3N2O3S/c1-7-5-10(18(20)21)12(22-7)17-11(19)8-3-2-4-9(6-8)13(14,15)16/h2-6H,1H3,(H,17,19). The Bertz CT molecular complexity index is 740. The number of benzene rings is 1. The first-order valence-corrected chi connectivity index (χ1v) is 6.73. The average molecular weight is 330 g/mol. The van der Waals surface area contributed by atoms with Crippen molar-refractivity contribution in [3.8, 4) is 0 Å². The minimum Gasteiger partial charge on any atom is -0.308 e. The van der Waals surface area contributed by atoms with Crippen LogP contribution < -0.4 is 5.32 Å². The molecule has 1 N–H and O–H groups in total. The van der Waals surface area contributed by atoms with Gasteiger partial charge in [0.05, 0.1) is 10.5 Å². The normalized spacial score (nSPS) is 11.3. The van der Waals surface area contributed by atoms with E-state index >= 15 is 0 Å². The summed E-state index contributed by atoms with van der Waals surface area (Å²) in [6.45, 7) is 1.62. The van der Waals surface area contributed by atoms with Gasteiger partial charge < -0.3 is 5.32 Å². The number of alkyl halides is 3. The molecule has 0 radical (unpaired) electrons. The number of halogens is 3. The van der Waals surface area contributed by atoms with E-state index in [1.807, 2.05) is 0 Å². The topological polar surface area (TPSA) is 72.2 Å². The molecule has 0 aliphatic rings. The van der Waals surface area contributed by atoms with E-state index in [1.165, 1.54) is 12.1 Å². The molecule has 9 heteroatoms. The van der Waals surface area contributed by atoms with Gasteiger partial charge in [0.2, 0.25) is 0 Å². The van der Waals surface area contributed by atoms with Gasteiger partial charge in [-0.1, -0.05) is 6.07 Å². The zero-order valence-electron chi connectivity index (χ0n) is 11.1. The summed E-state index contributed by atoms with van der Waals surface area (Å²) in [5.74, 6) is -0.837. The van der Waals surface area contributed by atoms with Crippen LogP contribution in [0.3, 0.4) is 0 Å². The number of hydrogen-bond acceptors (Lipinski definition) is 4. The third-order valence-electron chi connectivity index (χ3n) is 2.71. The van der Waals surface area contributed by atoms with Gasteiger partial charge in [0.15, 0.2) is 5.00 Å². The van der Waals surface area contributed by atoms with E-state index in [0.717, 1.165) is 23.5 Å². The largest absolute Gasteiger partial charge is 0.416 e. The van der Waals surface area contributed by atoms with Gasteiger partial charge in [-0.25, -0.2) is 0 Å². The van der Waals surface area contributed by atoms with Crippen LogP contribution in [-0.4, -0.2) is 10.8 Å². The van der Waals surface area contributed by atoms with Crippen molar-refractivity contribution in [2.45, 2.75) is 13.1 Å². The van der Waals surface area contributed by atoms with Crippen molar-refractivity contribution >= 4 is 27.9 Å². The Morgan fingerprint density at radius 2 is 2.00 bits per heavy atom. The van der Waals surface area contributed by atoms with Gasteiger partial charge in [0.25, 0.3) is 5.91 Å². The molecule has 2 rings (SSSR count). The highest BCUT2D eigenvalue weighted by molar-refractivity contribution is 7.16. The molecule has 1 aromatic carbocycles. The van der Waals surface area contributed by atoms with Crippen molar-refractivity contribution in [1.29, 1.82) is 0 Å². The number of thiophene rings is 1. The average Bonchev–Trinajstić information content (AvgIpc) is 2.79. The number of amides is 1. The lowest BCUT2D eigenvalue weighted by atomic mass is 10.1. The molecule has 0 spiro atoms. The Hall–Kier alpha value is -2.42. The molecular formula is C13H9F3N2O3S. The number of carbonyl (C=O) groups is 1. The summed E-state index contributed by atoms with van der Waals surface area (Å²) in [4.78, 5) is 22.8. The SMILES string of the molecule is Cc1cc([N+](=O)[O-])c(NC(=O)c2cccc(C(F)(F)F)c2)s1. The van der Waals surface area contributed by atoms with Crippen LogP contribution in [0.5, 0.6) is 0 Å². The summed E-state index contributed by atoms with van der Waals surface area (Å²) < 4.78 is 37.8. The van der Waals surface area contributed by atoms with Crippen molar-refractivity contribution in [3.05, 3.63) is 56.5 Å². The number of rotatable bonds is 3. The monoisotopic (exact) mass is 330 g/mol. The van der Waals surface area contributed by atoms with Gasteiger partial charge in [-0.2, -0.15) is 13.2 Å². The van der Waals surface area contributed by atoms with E-state index < -0.39 is 22.6 Å². The van der Waals surface area contributed by atoms with Crippen LogP contribution in [0.2, 0.25) is 0 Å². The predicted octanol–water partition coefficient (Wildman–Crippen LogP) is 4.24. The lowest BCUT2D eigenvalue weighted by molar-refractivity contribution is -0.383. The van der Waals surface area contributed by atoms with E-state index in [2.05, 4.69) is 5.32 Å². The molecular weight excluding hydrogens is 321 g/mol. The molecule has 0 aliphatic carbocycles. The second-order valence-corrected chi connectivity index (χ2v) is 5.62. The second-order valence-electron chi connectivity index (χ2n) is 4.36. The summed E-state index contributed by atoms with van der Waals surface area (Å²) in [7, 11) is 0. The van der Waals surface area contributed by atoms with Crippen molar-refractivity contribution in [3.63, 3.8) is 0 Å². The lowest BCUT2D eigenvalue weighted by Gasteiger charge is -2.08. The molecule has 0 unspecified atom stereocenters. The molecule has 0 fully saturated rings. The number of nitro groups is 1. The summed E-state index contributed by atoms with van der Waals surface area (Å²) in [5.41, 5.74) is -1.48. The smallest absolute Gasteiger partial charge is 0.308 e. The Kier molecular flexibility index (Phi) is 4.18. The molecule has 2 aromatic rings. The maximum Gasteiger partial charge on any atom is 0.416 e. The molecule has 0 bridgehead atoms. The number of aryl methyl sites for hydroxylation is 1. The molecule has 1 aromatic heterocycles. The van der Waals surface area contributed by atoms with Crippen molar-refractivity contribution in [2.24, 2.45) is 0 Å². The van der Waals surface area contributed by atoms with Crippen LogP contribution in [-0.2, 0) is 6.18 Å². The number of hydrogen-bond donors (Lipinski definition) is 1. The summed E-state index contributed by atoms with van der Waals surface area (Å²) in [6.07, 6.45) is -4.57. The van der Waals surface area contributed by atoms with Gasteiger partial charge in [-0.05, 0) is 25.1 Å². The van der Waals surface area contributed by atoms with Crippen LogP contribution >= 0.6 is 11.3 Å². The van der Waals surface area contributed by atoms with Crippen molar-refractivity contribution < 1.29 is 22.9 Å². The number of carbonyl (C=O) groups excluding carboxylic acids is 1. The molecule has 116 valence electrons. The van der Waals surface area contributed by atoms with E-state index in [0.29, 0.717) is 10.9 Å². The Morgan fingerprint density at radius 3 is 2.59 bits per heavy atom. The maximum atomic E-state index is 12.6. The zero-order valence-corrected chi connectivity index (χ0v) is 11.9. The van der Waals surface area contributed by atoms with E-state index in [1.54, 1.807) is 6.92 Å². The minimum absolute atomic E-state index is 0.00934. The molecule has 0 saturated carbocycles. The highest BCUT2D eigenvalue weighted by Gasteiger charge is 2.31. The van der Waals surface area contributed by atoms with Gasteiger partial charge in [0, 0.05) is 16.5 Å². The molecule has 22 heavy (non-hydrogen) atoms. The summed E-state index contributed by atoms with van der Waals surface area (Å²) in [6, 6.07) is 5.13. The van der Waals surface area contributed by atoms with E-state index in [4.69, 9.17) is 0 Å². The fourth-order valence-electron chi connectivity index (χ4n) is 1.74. The summed E-state index contributed by atoms with van der Waals surface area (Å²) in [5, 5.41) is 13.1. The van der Waals surface area contributed by atoms with Crippen LogP contribution in [0.25, 0.3) is 0 Å². The van der Waals surface area contributed by atoms with E-state index in [9.17, 15) is 28.1 Å². The summed E-state index contributed by atoms with van der Waals surface area (Å²) >= 11 is 0.980. The van der Waals surface area contributed by atoms with Crippen LogP contribution in [0, 0.1) is 17.0 Å². The molecule has 0 aliphatic heterocycles. The van der Waals surface area contributed by atoms with Gasteiger partial charge in [-0.15, -0.1) is 11.3 Å². The number of nitrogens with one attached hydrogen (secondary N) is 1. The minimum atomic E-state index is -4.57. The van der Waals surface area contributed by atoms with Gasteiger partial charge >= 0.3 is 11.9 Å². The van der Waals surface area contributed by atoms with E-state index in [-0.39, 0.29) is 16.3 Å². The lowest BCUT2D eigenvalue weighted by Crippen LogP contribution is -2.13. The Morgan fingerprint density at radius 1 is 1.32 bits per heavy atom. The fourth-order valence-corrected chi connectivity index (χ4v) is 2.61. The highest BCUT2D eigenvalue weighted by atomic mass is 32.1. The number of nitrogens with zero attached hydrogens (tertiary/aromatic N) is 1. The molecule has 5 nitrogen and oxygen atoms in total. The Balaban J connectivity index is 2.29. The van der Waals surface area contributed by atoms with Crippen LogP contribution in [0.1, 0.15) is 20.8 Å². The van der Waals surface area contributed by atoms with Crippen molar-refractivity contribution in [1.82, 2.24) is 0 Å². The van der Waals surface area contributed by atoms with Crippen LogP contribution in [0.4, 0.5) is 23.9 Å². The maximum absolute atomic E-state index is 12.6. The molecule has 0 atom stereocenters. The second kappa shape index (κ2) is 5.76. The third kappa shape index (κ3) is 3.42. The van der Waals surface area contributed by atoms with Gasteiger partial charge in [0.1, 0.15) is 0 Å². The third-order valence-corrected chi connectivity index (χ3v) is 3.67. The zero-order chi connectivity index (χ0) is 16.5. The Labute approximate surface area is 126 Å². The first kappa shape index (κ1) is 16.0. The van der Waals surface area contributed by atoms with Crippen LogP contribution in [0.15, 0.2) is 30.3 Å². The van der Waals surface area contributed by atoms with Gasteiger partial charge in [-0.3, -0.25) is 14.9 Å². The highest BCUT2D eigenvalue weighted by Crippen LogP contribution is 2.34. The van der Waals surface area contributed by atoms with Crippen molar-refractivity contribution in [2.75, 3.05) is 5.32 Å². The number of anilines is 1. The molecule has 1 heterocycles. The fraction of sp³-hybridized carbons (Fsp3) is 0.154.